The molecule has 7 heteroatoms. The third kappa shape index (κ3) is 2.49. The summed E-state index contributed by atoms with van der Waals surface area (Å²) >= 11 is 4.87. The van der Waals surface area contributed by atoms with E-state index in [2.05, 4.69) is 15.0 Å². The third-order valence-corrected chi connectivity index (χ3v) is 2.31. The molecule has 1 aromatic carbocycles. The number of methoxy groups -OCH3 is 1. The predicted molar refractivity (Wildman–Crippen MR) is 63.9 cm³/mol. The van der Waals surface area contributed by atoms with Gasteiger partial charge >= 0.3 is 0 Å². The Labute approximate surface area is 107 Å². The highest BCUT2D eigenvalue weighted by molar-refractivity contribution is 7.71. The molecule has 0 saturated carbocycles. The SMILES string of the molecule is COc1nc(=S)nc(-c2cc(F)cc(C#N)c2)[nH]1. The van der Waals surface area contributed by atoms with Crippen molar-refractivity contribution in [2.24, 2.45) is 0 Å². The van der Waals surface area contributed by atoms with E-state index >= 15 is 0 Å². The number of nitriles is 1. The van der Waals surface area contributed by atoms with Crippen LogP contribution in [0, 0.1) is 21.9 Å². The van der Waals surface area contributed by atoms with Gasteiger partial charge in [-0.15, -0.1) is 0 Å². The van der Waals surface area contributed by atoms with Crippen molar-refractivity contribution in [2.45, 2.75) is 0 Å². The van der Waals surface area contributed by atoms with Crippen LogP contribution in [0.15, 0.2) is 18.2 Å². The lowest BCUT2D eigenvalue weighted by Crippen LogP contribution is -1.98. The van der Waals surface area contributed by atoms with Crippen LogP contribution in [0.1, 0.15) is 5.56 Å². The van der Waals surface area contributed by atoms with E-state index in [1.807, 2.05) is 6.07 Å². The number of halogens is 1. The van der Waals surface area contributed by atoms with Gasteiger partial charge < -0.3 is 4.74 Å². The maximum Gasteiger partial charge on any atom is 0.297 e. The van der Waals surface area contributed by atoms with Gasteiger partial charge in [-0.1, -0.05) is 0 Å². The lowest BCUT2D eigenvalue weighted by Gasteiger charge is -2.04. The van der Waals surface area contributed by atoms with Crippen LogP contribution in [0.25, 0.3) is 11.4 Å². The van der Waals surface area contributed by atoms with Gasteiger partial charge in [0.25, 0.3) is 6.01 Å². The van der Waals surface area contributed by atoms with E-state index in [1.165, 1.54) is 19.2 Å². The summed E-state index contributed by atoms with van der Waals surface area (Å²) in [6, 6.07) is 5.92. The van der Waals surface area contributed by atoms with E-state index in [4.69, 9.17) is 22.2 Å². The third-order valence-electron chi connectivity index (χ3n) is 2.12. The van der Waals surface area contributed by atoms with Crippen LogP contribution in [-0.4, -0.2) is 22.1 Å². The topological polar surface area (TPSA) is 74.6 Å². The Morgan fingerprint density at radius 2 is 2.17 bits per heavy atom. The number of benzene rings is 1. The molecule has 2 rings (SSSR count). The first-order valence-corrected chi connectivity index (χ1v) is 5.26. The smallest absolute Gasteiger partial charge is 0.297 e. The first kappa shape index (κ1) is 12.1. The number of aromatic amines is 1. The zero-order valence-electron chi connectivity index (χ0n) is 9.27. The minimum absolute atomic E-state index is 0.0726. The molecule has 0 aliphatic heterocycles. The Kier molecular flexibility index (Phi) is 3.30. The summed E-state index contributed by atoms with van der Waals surface area (Å²) in [7, 11) is 1.42. The largest absolute Gasteiger partial charge is 0.468 e. The molecule has 2 aromatic rings. The van der Waals surface area contributed by atoms with Crippen molar-refractivity contribution in [3.8, 4) is 23.5 Å². The molecule has 0 bridgehead atoms. The number of rotatable bonds is 2. The van der Waals surface area contributed by atoms with Crippen LogP contribution < -0.4 is 4.74 Å². The monoisotopic (exact) mass is 262 g/mol. The minimum atomic E-state index is -0.527. The van der Waals surface area contributed by atoms with Crippen LogP contribution in [-0.2, 0) is 0 Å². The van der Waals surface area contributed by atoms with Crippen molar-refractivity contribution in [3.63, 3.8) is 0 Å². The average Bonchev–Trinajstić information content (AvgIpc) is 2.37. The number of hydrogen-bond acceptors (Lipinski definition) is 5. The number of aromatic nitrogens is 3. The quantitative estimate of drug-likeness (QED) is 0.840. The van der Waals surface area contributed by atoms with Gasteiger partial charge in [0.2, 0.25) is 4.77 Å². The highest BCUT2D eigenvalue weighted by atomic mass is 32.1. The fourth-order valence-corrected chi connectivity index (χ4v) is 1.56. The van der Waals surface area contributed by atoms with Crippen LogP contribution in [0.5, 0.6) is 6.01 Å². The molecule has 1 heterocycles. The zero-order valence-corrected chi connectivity index (χ0v) is 10.1. The highest BCUT2D eigenvalue weighted by Crippen LogP contribution is 2.19. The fourth-order valence-electron chi connectivity index (χ4n) is 1.39. The molecular formula is C11H7FN4OS. The van der Waals surface area contributed by atoms with Gasteiger partial charge in [0.05, 0.1) is 18.7 Å². The van der Waals surface area contributed by atoms with Gasteiger partial charge in [0.1, 0.15) is 11.6 Å². The molecule has 0 aliphatic rings. The standard InChI is InChI=1S/C11H7FN4OS/c1-17-10-14-9(15-11(18)16-10)7-2-6(5-13)3-8(12)4-7/h2-4H,1H3,(H,14,15,16,18). The predicted octanol–water partition coefficient (Wildman–Crippen LogP) is 2.22. The van der Waals surface area contributed by atoms with Gasteiger partial charge in [-0.25, -0.2) is 9.37 Å². The zero-order chi connectivity index (χ0) is 13.1. The Hall–Kier alpha value is -2.33. The van der Waals surface area contributed by atoms with E-state index in [9.17, 15) is 4.39 Å². The van der Waals surface area contributed by atoms with E-state index in [1.54, 1.807) is 0 Å². The number of ether oxygens (including phenoxy) is 1. The molecule has 0 fully saturated rings. The van der Waals surface area contributed by atoms with Crippen molar-refractivity contribution in [2.75, 3.05) is 7.11 Å². The molecule has 0 atom stereocenters. The average molecular weight is 262 g/mol. The molecule has 18 heavy (non-hydrogen) atoms. The minimum Gasteiger partial charge on any atom is -0.468 e. The summed E-state index contributed by atoms with van der Waals surface area (Å²) in [5, 5.41) is 8.78. The van der Waals surface area contributed by atoms with Gasteiger partial charge in [0, 0.05) is 5.56 Å². The highest BCUT2D eigenvalue weighted by Gasteiger charge is 2.07. The molecule has 0 unspecified atom stereocenters. The second-order valence-corrected chi connectivity index (χ2v) is 3.69. The van der Waals surface area contributed by atoms with E-state index in [0.717, 1.165) is 6.07 Å². The van der Waals surface area contributed by atoms with Crippen molar-refractivity contribution >= 4 is 12.2 Å². The summed E-state index contributed by atoms with van der Waals surface area (Å²) in [6.45, 7) is 0. The molecule has 1 aromatic heterocycles. The molecule has 90 valence electrons. The van der Waals surface area contributed by atoms with Crippen molar-refractivity contribution in [1.29, 1.82) is 5.26 Å². The first-order chi connectivity index (χ1) is 8.62. The van der Waals surface area contributed by atoms with E-state index < -0.39 is 5.82 Å². The maximum absolute atomic E-state index is 13.3. The Balaban J connectivity index is 2.62. The number of nitrogens with zero attached hydrogens (tertiary/aromatic N) is 3. The summed E-state index contributed by atoms with van der Waals surface area (Å²) in [6.07, 6.45) is 0. The number of H-pyrrole nitrogens is 1. The summed E-state index contributed by atoms with van der Waals surface area (Å²) in [4.78, 5) is 10.5. The Morgan fingerprint density at radius 1 is 1.39 bits per heavy atom. The van der Waals surface area contributed by atoms with Gasteiger partial charge in [0.15, 0.2) is 0 Å². The lowest BCUT2D eigenvalue weighted by molar-refractivity contribution is 0.378. The molecule has 0 spiro atoms. The summed E-state index contributed by atoms with van der Waals surface area (Å²) < 4.78 is 18.3. The van der Waals surface area contributed by atoms with Crippen molar-refractivity contribution in [3.05, 3.63) is 34.4 Å². The fraction of sp³-hybridized carbons (Fsp3) is 0.0909. The number of nitrogens with one attached hydrogen (secondary N) is 1. The second-order valence-electron chi connectivity index (χ2n) is 3.33. The first-order valence-electron chi connectivity index (χ1n) is 4.86. The van der Waals surface area contributed by atoms with Crippen LogP contribution in [0.3, 0.4) is 0 Å². The van der Waals surface area contributed by atoms with Crippen molar-refractivity contribution < 1.29 is 9.13 Å². The summed E-state index contributed by atoms with van der Waals surface area (Å²) in [5.74, 6) is -0.233. The lowest BCUT2D eigenvalue weighted by atomic mass is 10.1. The molecule has 0 aliphatic carbocycles. The van der Waals surface area contributed by atoms with E-state index in [0.29, 0.717) is 11.4 Å². The molecule has 0 amide bonds. The van der Waals surface area contributed by atoms with Crippen LogP contribution in [0.2, 0.25) is 0 Å². The molecule has 1 N–H and O–H groups in total. The Bertz CT molecular complexity index is 692. The molecule has 0 saturated heterocycles. The number of hydrogen-bond donors (Lipinski definition) is 1. The van der Waals surface area contributed by atoms with Gasteiger partial charge in [-0.05, 0) is 30.4 Å². The maximum atomic E-state index is 13.3. The molecule has 0 radical (unpaired) electrons. The summed E-state index contributed by atoms with van der Waals surface area (Å²) in [5.41, 5.74) is 0.597. The van der Waals surface area contributed by atoms with Crippen molar-refractivity contribution in [1.82, 2.24) is 15.0 Å². The van der Waals surface area contributed by atoms with Gasteiger partial charge in [-0.2, -0.15) is 10.2 Å². The Morgan fingerprint density at radius 3 is 2.83 bits per heavy atom. The van der Waals surface area contributed by atoms with Gasteiger partial charge in [-0.3, -0.25) is 4.98 Å². The molecule has 5 nitrogen and oxygen atoms in total. The van der Waals surface area contributed by atoms with Crippen LogP contribution in [0.4, 0.5) is 4.39 Å². The van der Waals surface area contributed by atoms with E-state index in [-0.39, 0.29) is 16.3 Å². The second kappa shape index (κ2) is 4.89. The normalized spacial score (nSPS) is 9.83. The molecular weight excluding hydrogens is 255 g/mol. The van der Waals surface area contributed by atoms with Crippen LogP contribution >= 0.6 is 12.2 Å².